The van der Waals surface area contributed by atoms with Crippen LogP contribution in [0.3, 0.4) is 0 Å². The van der Waals surface area contributed by atoms with E-state index in [2.05, 4.69) is 38.4 Å². The second-order valence-electron chi connectivity index (χ2n) is 7.30. The zero-order chi connectivity index (χ0) is 18.1. The number of carbonyl (C=O) groups is 1. The van der Waals surface area contributed by atoms with Crippen LogP contribution < -0.4 is 5.32 Å². The third kappa shape index (κ3) is 4.38. The maximum Gasteiger partial charge on any atom is 0.413 e. The minimum Gasteiger partial charge on any atom is -0.444 e. The molecule has 2 aliphatic heterocycles. The molecule has 25 heavy (non-hydrogen) atoms. The van der Waals surface area contributed by atoms with Crippen LogP contribution in [0, 0.1) is 5.92 Å². The van der Waals surface area contributed by atoms with E-state index in [1.165, 1.54) is 5.56 Å². The fourth-order valence-corrected chi connectivity index (χ4v) is 4.92. The molecular formula is C18H23BrN2O3S. The van der Waals surface area contributed by atoms with Gasteiger partial charge in [0.2, 0.25) is 0 Å². The Labute approximate surface area is 161 Å². The average Bonchev–Trinajstić information content (AvgIpc) is 2.52. The van der Waals surface area contributed by atoms with Gasteiger partial charge in [0.1, 0.15) is 5.60 Å². The van der Waals surface area contributed by atoms with Gasteiger partial charge in [-0.15, -0.1) is 0 Å². The second kappa shape index (κ2) is 7.29. The van der Waals surface area contributed by atoms with E-state index in [1.807, 2.05) is 32.9 Å². The number of halogens is 1. The Morgan fingerprint density at radius 1 is 1.48 bits per heavy atom. The molecule has 1 amide bonds. The third-order valence-electron chi connectivity index (χ3n) is 4.25. The summed E-state index contributed by atoms with van der Waals surface area (Å²) in [5.41, 5.74) is 0.700. The van der Waals surface area contributed by atoms with Crippen LogP contribution in [0.15, 0.2) is 33.7 Å². The van der Waals surface area contributed by atoms with E-state index in [9.17, 15) is 4.79 Å². The zero-order valence-corrected chi connectivity index (χ0v) is 17.1. The van der Waals surface area contributed by atoms with Gasteiger partial charge < -0.3 is 9.47 Å². The molecule has 1 aromatic carbocycles. The Hall–Kier alpha value is -1.05. The molecule has 0 bridgehead atoms. The number of hydrogen-bond donors (Lipinski definition) is 1. The van der Waals surface area contributed by atoms with E-state index in [0.717, 1.165) is 10.9 Å². The van der Waals surface area contributed by atoms with Gasteiger partial charge >= 0.3 is 6.09 Å². The highest BCUT2D eigenvalue weighted by Gasteiger charge is 2.47. The summed E-state index contributed by atoms with van der Waals surface area (Å²) in [6, 6.07) is 8.37. The number of amidine groups is 1. The number of fused-ring (bicyclic) bond motifs is 1. The maximum atomic E-state index is 12.1. The third-order valence-corrected chi connectivity index (χ3v) is 6.31. The van der Waals surface area contributed by atoms with Crippen molar-refractivity contribution in [2.75, 3.05) is 19.8 Å². The smallest absolute Gasteiger partial charge is 0.413 e. The van der Waals surface area contributed by atoms with E-state index >= 15 is 0 Å². The molecule has 0 saturated carbocycles. The van der Waals surface area contributed by atoms with Gasteiger partial charge in [-0.25, -0.2) is 4.79 Å². The van der Waals surface area contributed by atoms with Crippen molar-refractivity contribution in [3.63, 3.8) is 0 Å². The predicted molar refractivity (Wildman–Crippen MR) is 104 cm³/mol. The van der Waals surface area contributed by atoms with Crippen LogP contribution in [0.2, 0.25) is 0 Å². The molecule has 1 N–H and O–H groups in total. The van der Waals surface area contributed by atoms with Crippen LogP contribution in [0.25, 0.3) is 0 Å². The van der Waals surface area contributed by atoms with Crippen molar-refractivity contribution in [2.24, 2.45) is 10.9 Å². The molecule has 1 unspecified atom stereocenters. The number of nitrogens with zero attached hydrogens (tertiary/aromatic N) is 1. The van der Waals surface area contributed by atoms with Crippen molar-refractivity contribution >= 4 is 39.0 Å². The predicted octanol–water partition coefficient (Wildman–Crippen LogP) is 4.31. The topological polar surface area (TPSA) is 59.9 Å². The molecule has 3 rings (SSSR count). The Kier molecular flexibility index (Phi) is 5.46. The summed E-state index contributed by atoms with van der Waals surface area (Å²) in [7, 11) is 0. The molecule has 2 aliphatic rings. The van der Waals surface area contributed by atoms with Crippen LogP contribution in [-0.4, -0.2) is 36.6 Å². The molecule has 1 saturated heterocycles. The molecule has 0 spiro atoms. The van der Waals surface area contributed by atoms with Crippen molar-refractivity contribution in [1.29, 1.82) is 0 Å². The number of carbonyl (C=O) groups excluding carboxylic acids is 1. The molecular weight excluding hydrogens is 404 g/mol. The molecule has 2 heterocycles. The lowest BCUT2D eigenvalue weighted by atomic mass is 9.81. The maximum absolute atomic E-state index is 12.1. The van der Waals surface area contributed by atoms with Gasteiger partial charge in [-0.2, -0.15) is 0 Å². The highest BCUT2D eigenvalue weighted by atomic mass is 79.9. The Balaban J connectivity index is 1.84. The number of aliphatic imine (C=N–C) groups is 1. The normalized spacial score (nSPS) is 26.4. The van der Waals surface area contributed by atoms with Crippen LogP contribution in [0.1, 0.15) is 32.8 Å². The highest BCUT2D eigenvalue weighted by Crippen LogP contribution is 2.51. The lowest BCUT2D eigenvalue weighted by molar-refractivity contribution is 0.0326. The fraction of sp³-hybridized carbons (Fsp3) is 0.556. The summed E-state index contributed by atoms with van der Waals surface area (Å²) in [6.45, 7) is 7.56. The van der Waals surface area contributed by atoms with Crippen molar-refractivity contribution in [2.45, 2.75) is 37.5 Å². The number of hydrogen-bond acceptors (Lipinski definition) is 5. The summed E-state index contributed by atoms with van der Waals surface area (Å²) >= 11 is 5.19. The number of amides is 1. The van der Waals surface area contributed by atoms with E-state index in [0.29, 0.717) is 24.9 Å². The van der Waals surface area contributed by atoms with E-state index < -0.39 is 11.7 Å². The number of alkyl carbamates (subject to hydrolysis) is 1. The van der Waals surface area contributed by atoms with Gasteiger partial charge in [0, 0.05) is 23.5 Å². The zero-order valence-electron chi connectivity index (χ0n) is 14.7. The molecule has 1 aromatic rings. The number of rotatable bonds is 1. The number of thioether (sulfide) groups is 1. The van der Waals surface area contributed by atoms with Crippen molar-refractivity contribution < 1.29 is 14.3 Å². The summed E-state index contributed by atoms with van der Waals surface area (Å²) in [5, 5.41) is 3.43. The van der Waals surface area contributed by atoms with Gasteiger partial charge in [-0.3, -0.25) is 10.3 Å². The molecule has 1 fully saturated rings. The molecule has 5 nitrogen and oxygen atoms in total. The Morgan fingerprint density at radius 3 is 3.00 bits per heavy atom. The minimum absolute atomic E-state index is 0.145. The molecule has 0 aliphatic carbocycles. The number of nitrogens with one attached hydrogen (secondary N) is 1. The Morgan fingerprint density at radius 2 is 2.28 bits per heavy atom. The van der Waals surface area contributed by atoms with E-state index in [4.69, 9.17) is 9.47 Å². The molecule has 7 heteroatoms. The lowest BCUT2D eigenvalue weighted by Gasteiger charge is -2.45. The Bertz CT molecular complexity index is 689. The monoisotopic (exact) mass is 426 g/mol. The fourth-order valence-electron chi connectivity index (χ4n) is 3.17. The van der Waals surface area contributed by atoms with E-state index in [-0.39, 0.29) is 10.7 Å². The largest absolute Gasteiger partial charge is 0.444 e. The first-order chi connectivity index (χ1) is 11.8. The summed E-state index contributed by atoms with van der Waals surface area (Å²) in [5.74, 6) is 0.282. The summed E-state index contributed by atoms with van der Waals surface area (Å²) in [6.07, 6.45) is 0.419. The molecule has 0 radical (unpaired) electrons. The van der Waals surface area contributed by atoms with Gasteiger partial charge in [0.25, 0.3) is 0 Å². The standard InChI is InChI=1S/C18H23BrN2O3S/c1-17(2,3)24-16(22)21-15-20-10-13-11-23-8-7-18(13,25-15)12-5-4-6-14(19)9-12/h4-6,9,13H,7-8,10-11H2,1-3H3,(H,20,21,22)/t13?,18-/m1/s1. The van der Waals surface area contributed by atoms with Gasteiger partial charge in [-0.1, -0.05) is 39.8 Å². The van der Waals surface area contributed by atoms with Crippen LogP contribution in [0.4, 0.5) is 4.79 Å². The van der Waals surface area contributed by atoms with Crippen LogP contribution in [-0.2, 0) is 14.2 Å². The van der Waals surface area contributed by atoms with E-state index in [1.54, 1.807) is 11.8 Å². The first kappa shape index (κ1) is 18.7. The van der Waals surface area contributed by atoms with Gasteiger partial charge in [0.05, 0.1) is 11.4 Å². The highest BCUT2D eigenvalue weighted by molar-refractivity contribution is 9.10. The van der Waals surface area contributed by atoms with Crippen molar-refractivity contribution in [3.05, 3.63) is 34.3 Å². The number of ether oxygens (including phenoxy) is 2. The minimum atomic E-state index is -0.535. The van der Waals surface area contributed by atoms with Crippen molar-refractivity contribution in [1.82, 2.24) is 5.32 Å². The van der Waals surface area contributed by atoms with Gasteiger partial charge in [0.15, 0.2) is 5.17 Å². The molecule has 2 atom stereocenters. The second-order valence-corrected chi connectivity index (χ2v) is 9.53. The first-order valence-electron chi connectivity index (χ1n) is 8.36. The summed E-state index contributed by atoms with van der Waals surface area (Å²) in [4.78, 5) is 16.7. The lowest BCUT2D eigenvalue weighted by Crippen LogP contribution is -2.48. The van der Waals surface area contributed by atoms with Crippen LogP contribution in [0.5, 0.6) is 0 Å². The molecule has 136 valence electrons. The van der Waals surface area contributed by atoms with Gasteiger partial charge in [-0.05, 0) is 44.9 Å². The van der Waals surface area contributed by atoms with Crippen molar-refractivity contribution in [3.8, 4) is 0 Å². The number of benzene rings is 1. The quantitative estimate of drug-likeness (QED) is 0.726. The molecule has 0 aromatic heterocycles. The first-order valence-corrected chi connectivity index (χ1v) is 9.97. The SMILES string of the molecule is CC(C)(C)OC(=O)NC1=NCC2COCC[C@]2(c2cccc(Br)c2)S1. The van der Waals surface area contributed by atoms with Crippen LogP contribution >= 0.6 is 27.7 Å². The average molecular weight is 427 g/mol. The summed E-state index contributed by atoms with van der Waals surface area (Å²) < 4.78 is 12.0.